The van der Waals surface area contributed by atoms with E-state index < -0.39 is 0 Å². The first-order valence-corrected chi connectivity index (χ1v) is 5.81. The van der Waals surface area contributed by atoms with Gasteiger partial charge in [0.05, 0.1) is 12.1 Å². The van der Waals surface area contributed by atoms with Gasteiger partial charge in [0.1, 0.15) is 0 Å². The highest BCUT2D eigenvalue weighted by molar-refractivity contribution is 5.50. The van der Waals surface area contributed by atoms with Gasteiger partial charge in [0.15, 0.2) is 0 Å². The number of rotatable bonds is 2. The molecule has 2 heteroatoms. The molecule has 84 valence electrons. The Balaban J connectivity index is 2.05. The standard InChI is InChI=1S/C14H17NO/c1-2-11-6-5-7-12(10-11)15-13-8-3-4-9-14(13)16/h1,5-7,10,13-16H,3-4,8-9H2/t13-,14-/m0/s1. The van der Waals surface area contributed by atoms with Gasteiger partial charge >= 0.3 is 0 Å². The first-order chi connectivity index (χ1) is 7.79. The third kappa shape index (κ3) is 2.56. The Morgan fingerprint density at radius 2 is 2.12 bits per heavy atom. The van der Waals surface area contributed by atoms with Crippen LogP contribution >= 0.6 is 0 Å². The molecule has 1 aromatic carbocycles. The van der Waals surface area contributed by atoms with Gasteiger partial charge in [-0.1, -0.05) is 24.8 Å². The van der Waals surface area contributed by atoms with Crippen LogP contribution in [0.4, 0.5) is 5.69 Å². The van der Waals surface area contributed by atoms with Crippen LogP contribution in [0.25, 0.3) is 0 Å². The van der Waals surface area contributed by atoms with Gasteiger partial charge in [-0.05, 0) is 31.0 Å². The van der Waals surface area contributed by atoms with E-state index in [0.29, 0.717) is 0 Å². The van der Waals surface area contributed by atoms with E-state index in [2.05, 4.69) is 11.2 Å². The molecule has 2 nitrogen and oxygen atoms in total. The molecular weight excluding hydrogens is 198 g/mol. The van der Waals surface area contributed by atoms with Crippen molar-refractivity contribution in [3.05, 3.63) is 29.8 Å². The second-order valence-electron chi connectivity index (χ2n) is 4.33. The molecule has 1 fully saturated rings. The number of aliphatic hydroxyl groups is 1. The summed E-state index contributed by atoms with van der Waals surface area (Å²) in [5.41, 5.74) is 1.87. The quantitative estimate of drug-likeness (QED) is 0.742. The first kappa shape index (κ1) is 11.0. The fraction of sp³-hybridized carbons (Fsp3) is 0.429. The topological polar surface area (TPSA) is 32.3 Å². The molecule has 1 saturated carbocycles. The second kappa shape index (κ2) is 5.05. The van der Waals surface area contributed by atoms with Gasteiger partial charge in [0.2, 0.25) is 0 Å². The molecule has 0 unspecified atom stereocenters. The van der Waals surface area contributed by atoms with E-state index in [1.807, 2.05) is 24.3 Å². The molecule has 16 heavy (non-hydrogen) atoms. The lowest BCUT2D eigenvalue weighted by Crippen LogP contribution is -2.36. The molecule has 0 saturated heterocycles. The van der Waals surface area contributed by atoms with E-state index in [0.717, 1.165) is 30.5 Å². The molecule has 0 amide bonds. The van der Waals surface area contributed by atoms with Gasteiger partial charge in [-0.3, -0.25) is 0 Å². The summed E-state index contributed by atoms with van der Waals surface area (Å²) in [7, 11) is 0. The van der Waals surface area contributed by atoms with Crippen LogP contribution in [0.15, 0.2) is 24.3 Å². The molecule has 0 radical (unpaired) electrons. The van der Waals surface area contributed by atoms with E-state index in [1.165, 1.54) is 6.42 Å². The van der Waals surface area contributed by atoms with Gasteiger partial charge in [-0.2, -0.15) is 0 Å². The maximum Gasteiger partial charge on any atom is 0.0741 e. The Bertz CT molecular complexity index is 394. The van der Waals surface area contributed by atoms with Gasteiger partial charge in [-0.25, -0.2) is 0 Å². The molecule has 1 aliphatic carbocycles. The molecule has 1 aromatic rings. The Hall–Kier alpha value is -1.46. The molecular formula is C14H17NO. The van der Waals surface area contributed by atoms with Crippen LogP contribution in [0.2, 0.25) is 0 Å². The van der Waals surface area contributed by atoms with Crippen LogP contribution in [0.1, 0.15) is 31.2 Å². The Morgan fingerprint density at radius 3 is 2.88 bits per heavy atom. The average Bonchev–Trinajstić information content (AvgIpc) is 2.32. The third-order valence-electron chi connectivity index (χ3n) is 3.11. The summed E-state index contributed by atoms with van der Waals surface area (Å²) in [4.78, 5) is 0. The Labute approximate surface area is 96.7 Å². The summed E-state index contributed by atoms with van der Waals surface area (Å²) in [6, 6.07) is 7.94. The molecule has 1 aliphatic rings. The maximum atomic E-state index is 9.85. The van der Waals surface area contributed by atoms with Gasteiger partial charge in [0.25, 0.3) is 0 Å². The first-order valence-electron chi connectivity index (χ1n) is 5.81. The lowest BCUT2D eigenvalue weighted by atomic mass is 9.92. The maximum absolute atomic E-state index is 9.85. The van der Waals surface area contributed by atoms with Crippen LogP contribution < -0.4 is 5.32 Å². The minimum atomic E-state index is -0.233. The van der Waals surface area contributed by atoms with Gasteiger partial charge < -0.3 is 10.4 Å². The van der Waals surface area contributed by atoms with Crippen molar-refractivity contribution >= 4 is 5.69 Å². The molecule has 2 atom stereocenters. The molecule has 0 heterocycles. The van der Waals surface area contributed by atoms with Gasteiger partial charge in [-0.15, -0.1) is 6.42 Å². The van der Waals surface area contributed by atoms with Crippen LogP contribution in [-0.4, -0.2) is 17.3 Å². The predicted octanol–water partition coefficient (Wildman–Crippen LogP) is 2.38. The zero-order valence-corrected chi connectivity index (χ0v) is 9.32. The highest BCUT2D eigenvalue weighted by atomic mass is 16.3. The Kier molecular flexibility index (Phi) is 3.48. The van der Waals surface area contributed by atoms with Crippen molar-refractivity contribution in [3.8, 4) is 12.3 Å². The monoisotopic (exact) mass is 215 g/mol. The number of nitrogens with one attached hydrogen (secondary N) is 1. The number of anilines is 1. The minimum absolute atomic E-state index is 0.168. The average molecular weight is 215 g/mol. The highest BCUT2D eigenvalue weighted by Gasteiger charge is 2.22. The smallest absolute Gasteiger partial charge is 0.0741 e. The summed E-state index contributed by atoms with van der Waals surface area (Å²) < 4.78 is 0. The zero-order valence-electron chi connectivity index (χ0n) is 9.32. The van der Waals surface area contributed by atoms with Gasteiger partial charge in [0, 0.05) is 11.3 Å². The largest absolute Gasteiger partial charge is 0.391 e. The molecule has 0 bridgehead atoms. The molecule has 0 spiro atoms. The van der Waals surface area contributed by atoms with Crippen LogP contribution in [0.3, 0.4) is 0 Å². The fourth-order valence-electron chi connectivity index (χ4n) is 2.19. The van der Waals surface area contributed by atoms with Crippen molar-refractivity contribution in [3.63, 3.8) is 0 Å². The summed E-state index contributed by atoms with van der Waals surface area (Å²) >= 11 is 0. The second-order valence-corrected chi connectivity index (χ2v) is 4.33. The number of hydrogen-bond donors (Lipinski definition) is 2. The highest BCUT2D eigenvalue weighted by Crippen LogP contribution is 2.22. The lowest BCUT2D eigenvalue weighted by Gasteiger charge is -2.29. The fourth-order valence-corrected chi connectivity index (χ4v) is 2.19. The summed E-state index contributed by atoms with van der Waals surface area (Å²) in [6.45, 7) is 0. The van der Waals surface area contributed by atoms with E-state index in [9.17, 15) is 5.11 Å². The minimum Gasteiger partial charge on any atom is -0.391 e. The van der Waals surface area contributed by atoms with Crippen molar-refractivity contribution in [1.29, 1.82) is 0 Å². The number of terminal acetylenes is 1. The van der Waals surface area contributed by atoms with Crippen molar-refractivity contribution in [2.24, 2.45) is 0 Å². The Morgan fingerprint density at radius 1 is 1.31 bits per heavy atom. The van der Waals surface area contributed by atoms with Crippen molar-refractivity contribution in [2.45, 2.75) is 37.8 Å². The summed E-state index contributed by atoms with van der Waals surface area (Å²) in [5, 5.41) is 13.2. The van der Waals surface area contributed by atoms with E-state index in [1.54, 1.807) is 0 Å². The molecule has 0 aliphatic heterocycles. The number of benzene rings is 1. The molecule has 2 N–H and O–H groups in total. The summed E-state index contributed by atoms with van der Waals surface area (Å²) in [5.74, 6) is 2.61. The van der Waals surface area contributed by atoms with Crippen molar-refractivity contribution < 1.29 is 5.11 Å². The van der Waals surface area contributed by atoms with E-state index >= 15 is 0 Å². The van der Waals surface area contributed by atoms with E-state index in [-0.39, 0.29) is 12.1 Å². The van der Waals surface area contributed by atoms with Crippen LogP contribution in [0.5, 0.6) is 0 Å². The zero-order chi connectivity index (χ0) is 11.4. The summed E-state index contributed by atoms with van der Waals surface area (Å²) in [6.07, 6.45) is 9.36. The van der Waals surface area contributed by atoms with Crippen LogP contribution in [-0.2, 0) is 0 Å². The normalized spacial score (nSPS) is 24.8. The van der Waals surface area contributed by atoms with Crippen molar-refractivity contribution in [2.75, 3.05) is 5.32 Å². The van der Waals surface area contributed by atoms with Crippen LogP contribution in [0, 0.1) is 12.3 Å². The number of aliphatic hydroxyl groups excluding tert-OH is 1. The number of hydrogen-bond acceptors (Lipinski definition) is 2. The SMILES string of the molecule is C#Cc1cccc(N[C@H]2CCCC[C@@H]2O)c1. The van der Waals surface area contributed by atoms with Crippen molar-refractivity contribution in [1.82, 2.24) is 0 Å². The lowest BCUT2D eigenvalue weighted by molar-refractivity contribution is 0.116. The molecule has 2 rings (SSSR count). The molecule has 0 aromatic heterocycles. The van der Waals surface area contributed by atoms with E-state index in [4.69, 9.17) is 6.42 Å². The predicted molar refractivity (Wildman–Crippen MR) is 66.3 cm³/mol. The third-order valence-corrected chi connectivity index (χ3v) is 3.11.